The van der Waals surface area contributed by atoms with Crippen molar-refractivity contribution in [1.82, 2.24) is 24.5 Å². The SMILES string of the molecule is CCn1c(-c2cc3ccccc3[nH]2)nc(-c2ccncc2)c1-c1ccc(Cl)cc1.O=C(C(=NO)c1ccncc1)c1ccc(Cl)cc1. The van der Waals surface area contributed by atoms with Crippen LogP contribution in [-0.4, -0.2) is 41.2 Å². The molecule has 3 aromatic carbocycles. The number of para-hydroxylation sites is 1. The molecule has 4 heterocycles. The third-order valence-corrected chi connectivity index (χ3v) is 8.01. The summed E-state index contributed by atoms with van der Waals surface area (Å²) in [6.07, 6.45) is 6.65. The van der Waals surface area contributed by atoms with E-state index in [1.54, 1.807) is 48.8 Å². The van der Waals surface area contributed by atoms with Crippen LogP contribution in [0.1, 0.15) is 22.8 Å². The Labute approximate surface area is 281 Å². The van der Waals surface area contributed by atoms with E-state index in [4.69, 9.17) is 33.4 Å². The number of imidazole rings is 1. The molecule has 2 N–H and O–H groups in total. The van der Waals surface area contributed by atoms with Crippen molar-refractivity contribution in [1.29, 1.82) is 0 Å². The maximum atomic E-state index is 12.1. The molecule has 8 nitrogen and oxygen atoms in total. The molecular formula is C37H28Cl2N6O2. The molecule has 0 radical (unpaired) electrons. The average molecular weight is 660 g/mol. The number of halogens is 2. The third-order valence-electron chi connectivity index (χ3n) is 7.50. The molecule has 47 heavy (non-hydrogen) atoms. The number of H-pyrrole nitrogens is 1. The zero-order chi connectivity index (χ0) is 32.8. The van der Waals surface area contributed by atoms with Crippen LogP contribution in [0.2, 0.25) is 10.0 Å². The van der Waals surface area contributed by atoms with Gasteiger partial charge in [-0.25, -0.2) is 4.98 Å². The van der Waals surface area contributed by atoms with Gasteiger partial charge in [0.25, 0.3) is 0 Å². The van der Waals surface area contributed by atoms with Gasteiger partial charge in [-0.3, -0.25) is 14.8 Å². The van der Waals surface area contributed by atoms with Gasteiger partial charge in [0.2, 0.25) is 5.78 Å². The van der Waals surface area contributed by atoms with E-state index in [-0.39, 0.29) is 11.5 Å². The summed E-state index contributed by atoms with van der Waals surface area (Å²) in [6, 6.07) is 31.9. The Morgan fingerprint density at radius 3 is 2.02 bits per heavy atom. The summed E-state index contributed by atoms with van der Waals surface area (Å²) in [4.78, 5) is 28.7. The Morgan fingerprint density at radius 2 is 1.40 bits per heavy atom. The smallest absolute Gasteiger partial charge is 0.215 e. The van der Waals surface area contributed by atoms with Crippen molar-refractivity contribution in [3.63, 3.8) is 0 Å². The van der Waals surface area contributed by atoms with Gasteiger partial charge < -0.3 is 14.8 Å². The first kappa shape index (κ1) is 31.4. The zero-order valence-corrected chi connectivity index (χ0v) is 26.7. The fraction of sp³-hybridized carbons (Fsp3) is 0.0541. The van der Waals surface area contributed by atoms with Crippen LogP contribution in [0.5, 0.6) is 0 Å². The molecule has 0 saturated heterocycles. The van der Waals surface area contributed by atoms with E-state index in [0.717, 1.165) is 51.1 Å². The lowest BCUT2D eigenvalue weighted by molar-refractivity contribution is 0.106. The molecule has 0 saturated carbocycles. The Balaban J connectivity index is 0.000000185. The monoisotopic (exact) mass is 658 g/mol. The molecule has 0 amide bonds. The van der Waals surface area contributed by atoms with Crippen molar-refractivity contribution < 1.29 is 10.0 Å². The van der Waals surface area contributed by atoms with Gasteiger partial charge in [0.05, 0.1) is 17.1 Å². The highest BCUT2D eigenvalue weighted by molar-refractivity contribution is 6.51. The topological polar surface area (TPSA) is 109 Å². The van der Waals surface area contributed by atoms with Crippen LogP contribution in [0.4, 0.5) is 0 Å². The Kier molecular flexibility index (Phi) is 9.52. The molecule has 7 aromatic rings. The van der Waals surface area contributed by atoms with Crippen molar-refractivity contribution in [3.05, 3.63) is 149 Å². The van der Waals surface area contributed by atoms with Crippen LogP contribution < -0.4 is 0 Å². The lowest BCUT2D eigenvalue weighted by Crippen LogP contribution is -2.15. The number of ketones is 1. The van der Waals surface area contributed by atoms with E-state index in [9.17, 15) is 4.79 Å². The van der Waals surface area contributed by atoms with Gasteiger partial charge in [-0.05, 0) is 79.7 Å². The Morgan fingerprint density at radius 1 is 0.787 bits per heavy atom. The van der Waals surface area contributed by atoms with Gasteiger partial charge >= 0.3 is 0 Å². The standard InChI is InChI=1S/C24H19ClN4.C13H9ClN2O2/c1-2-29-23(17-7-9-19(25)10-8-17)22(16-11-13-26-14-12-16)28-24(29)21-15-18-5-3-4-6-20(18)27-21;14-11-3-1-10(2-4-11)13(17)12(16-18)9-5-7-15-8-6-9/h3-15,27H,2H2,1H3;1-8,18H. The summed E-state index contributed by atoms with van der Waals surface area (Å²) < 4.78 is 2.25. The second kappa shape index (κ2) is 14.2. The highest BCUT2D eigenvalue weighted by atomic mass is 35.5. The van der Waals surface area contributed by atoms with Crippen molar-refractivity contribution in [2.24, 2.45) is 5.16 Å². The van der Waals surface area contributed by atoms with Crippen LogP contribution in [-0.2, 0) is 6.54 Å². The van der Waals surface area contributed by atoms with Gasteiger partial charge in [0, 0.05) is 74.5 Å². The number of hydrogen-bond donors (Lipinski definition) is 2. The maximum Gasteiger partial charge on any atom is 0.215 e. The number of hydrogen-bond acceptors (Lipinski definition) is 6. The van der Waals surface area contributed by atoms with Gasteiger partial charge in [0.15, 0.2) is 11.5 Å². The van der Waals surface area contributed by atoms with Gasteiger partial charge in [-0.1, -0.05) is 58.7 Å². The highest BCUT2D eigenvalue weighted by Gasteiger charge is 2.21. The summed E-state index contributed by atoms with van der Waals surface area (Å²) in [5.41, 5.74) is 7.12. The molecule has 7 rings (SSSR count). The quantitative estimate of drug-likeness (QED) is 0.0768. The second-order valence-electron chi connectivity index (χ2n) is 10.4. The molecule has 0 unspecified atom stereocenters. The molecule has 10 heteroatoms. The number of pyridine rings is 2. The number of nitrogens with one attached hydrogen (secondary N) is 1. The minimum Gasteiger partial charge on any atom is -0.410 e. The van der Waals surface area contributed by atoms with E-state index in [0.29, 0.717) is 16.1 Å². The minimum atomic E-state index is -0.375. The molecule has 0 spiro atoms. The Hall–Kier alpha value is -5.57. The predicted molar refractivity (Wildman–Crippen MR) is 187 cm³/mol. The summed E-state index contributed by atoms with van der Waals surface area (Å²) >= 11 is 11.9. The molecule has 0 atom stereocenters. The molecular weight excluding hydrogens is 631 g/mol. The summed E-state index contributed by atoms with van der Waals surface area (Å²) in [5, 5.41) is 14.5. The zero-order valence-electron chi connectivity index (χ0n) is 25.2. The molecule has 0 aliphatic rings. The van der Waals surface area contributed by atoms with E-state index in [1.807, 2.05) is 48.5 Å². The molecule has 0 bridgehead atoms. The number of benzene rings is 3. The number of carbonyl (C=O) groups is 1. The van der Waals surface area contributed by atoms with Crippen LogP contribution in [0.25, 0.3) is 44.9 Å². The largest absolute Gasteiger partial charge is 0.410 e. The number of rotatable bonds is 7. The lowest BCUT2D eigenvalue weighted by Gasteiger charge is -2.10. The van der Waals surface area contributed by atoms with Gasteiger partial charge in [-0.2, -0.15) is 0 Å². The molecule has 0 aliphatic heterocycles. The highest BCUT2D eigenvalue weighted by Crippen LogP contribution is 2.37. The predicted octanol–water partition coefficient (Wildman–Crippen LogP) is 9.23. The first-order valence-electron chi connectivity index (χ1n) is 14.7. The van der Waals surface area contributed by atoms with Crippen LogP contribution in [0, 0.1) is 0 Å². The summed E-state index contributed by atoms with van der Waals surface area (Å²) in [5.74, 6) is 0.542. The molecule has 0 fully saturated rings. The number of fused-ring (bicyclic) bond motifs is 1. The molecule has 4 aromatic heterocycles. The Bertz CT molecular complexity index is 2130. The average Bonchev–Trinajstić information content (AvgIpc) is 3.72. The fourth-order valence-corrected chi connectivity index (χ4v) is 5.51. The number of aromatic amines is 1. The van der Waals surface area contributed by atoms with Crippen molar-refractivity contribution in [2.45, 2.75) is 13.5 Å². The minimum absolute atomic E-state index is 0.0280. The van der Waals surface area contributed by atoms with E-state index < -0.39 is 0 Å². The first-order valence-corrected chi connectivity index (χ1v) is 15.5. The lowest BCUT2D eigenvalue weighted by atomic mass is 10.0. The number of Topliss-reactive ketones (excluding diaryl/α,β-unsaturated/α-hetero) is 1. The van der Waals surface area contributed by atoms with Crippen LogP contribution in [0.3, 0.4) is 0 Å². The van der Waals surface area contributed by atoms with E-state index >= 15 is 0 Å². The number of nitrogens with zero attached hydrogens (tertiary/aromatic N) is 5. The number of oxime groups is 1. The summed E-state index contributed by atoms with van der Waals surface area (Å²) in [7, 11) is 0. The molecule has 0 aliphatic carbocycles. The van der Waals surface area contributed by atoms with E-state index in [2.05, 4.69) is 49.8 Å². The first-order chi connectivity index (χ1) is 23.0. The van der Waals surface area contributed by atoms with Gasteiger partial charge in [0.1, 0.15) is 0 Å². The maximum absolute atomic E-state index is 12.1. The molecule has 232 valence electrons. The van der Waals surface area contributed by atoms with Crippen molar-refractivity contribution in [3.8, 4) is 34.0 Å². The van der Waals surface area contributed by atoms with Crippen molar-refractivity contribution >= 4 is 45.6 Å². The normalized spacial score (nSPS) is 11.3. The van der Waals surface area contributed by atoms with Gasteiger partial charge in [-0.15, -0.1) is 0 Å². The number of aromatic nitrogens is 5. The van der Waals surface area contributed by atoms with E-state index in [1.165, 1.54) is 17.8 Å². The third kappa shape index (κ3) is 6.84. The van der Waals surface area contributed by atoms with Crippen LogP contribution >= 0.6 is 23.2 Å². The van der Waals surface area contributed by atoms with Crippen molar-refractivity contribution in [2.75, 3.05) is 0 Å². The fourth-order valence-electron chi connectivity index (χ4n) is 5.25. The summed E-state index contributed by atoms with van der Waals surface area (Å²) in [6.45, 7) is 2.93. The second-order valence-corrected chi connectivity index (χ2v) is 11.3. The number of carbonyl (C=O) groups excluding carboxylic acids is 1. The van der Waals surface area contributed by atoms with Crippen LogP contribution in [0.15, 0.2) is 133 Å².